The summed E-state index contributed by atoms with van der Waals surface area (Å²) in [4.78, 5) is 5.12. The summed E-state index contributed by atoms with van der Waals surface area (Å²) in [7, 11) is 0.759. The lowest BCUT2D eigenvalue weighted by Gasteiger charge is -2.41. The van der Waals surface area contributed by atoms with Gasteiger partial charge in [0.1, 0.15) is 5.52 Å². The first-order chi connectivity index (χ1) is 33.5. The van der Waals surface area contributed by atoms with Crippen LogP contribution in [0.5, 0.6) is 0 Å². The lowest BCUT2D eigenvalue weighted by atomic mass is 9.59. The minimum Gasteiger partial charge on any atom is -0.436 e. The Bertz CT molecular complexity index is 4060. The highest BCUT2D eigenvalue weighted by Crippen LogP contribution is 2.53. The molecule has 70 heavy (non-hydrogen) atoms. The van der Waals surface area contributed by atoms with E-state index in [0.29, 0.717) is 5.89 Å². The molecule has 0 saturated heterocycles. The molecule has 0 spiro atoms. The third kappa shape index (κ3) is 5.98. The molecule has 14 rings (SSSR count). The fraction of sp³-hybridized carbons (Fsp3) is 0.234. The summed E-state index contributed by atoms with van der Waals surface area (Å²) in [6.45, 7) is 21.4. The molecule has 0 amide bonds. The highest BCUT2D eigenvalue weighted by Gasteiger charge is 2.39. The number of nitrogens with zero attached hydrogens (tertiary/aromatic N) is 2. The average molecular weight is 926 g/mol. The quantitative estimate of drug-likeness (QED) is 0.179. The van der Waals surface area contributed by atoms with Gasteiger partial charge in [-0.2, -0.15) is 0 Å². The van der Waals surface area contributed by atoms with Crippen LogP contribution in [-0.2, 0) is 21.7 Å². The van der Waals surface area contributed by atoms with Crippen molar-refractivity contribution in [2.24, 2.45) is 0 Å². The van der Waals surface area contributed by atoms with E-state index in [1.807, 2.05) is 29.5 Å². The molecule has 4 heterocycles. The third-order valence-electron chi connectivity index (χ3n) is 16.9. The normalized spacial score (nSPS) is 16.1. The van der Waals surface area contributed by atoms with Gasteiger partial charge in [-0.1, -0.05) is 135 Å². The minimum atomic E-state index is -0.142. The highest BCUT2D eigenvalue weighted by molar-refractivity contribution is 7.25. The Labute approximate surface area is 414 Å². The van der Waals surface area contributed by atoms with Gasteiger partial charge in [0, 0.05) is 76.1 Å². The standard InChI is InChI=1S/C64H56BN3OS/c1-61(2,3)36-19-21-37(22-20-36)66-51-33-57-44(45-29-48-49(31-56(45)70-57)63(6,7)26-25-62(48,4)5)28-42(51)39-23-24-40-43-27-41-38-17-13-14-18-46(38)64(8,9)47(41)30-53(43)68-54-34-55-52(32-50(54)65-58(39)59(40)68)67-60(69-55)35-15-11-10-12-16-35/h10-24,27-34,65-66H,25-26H2,1-9H3. The van der Waals surface area contributed by atoms with Crippen molar-refractivity contribution in [1.29, 1.82) is 0 Å². The molecule has 1 N–H and O–H groups in total. The van der Waals surface area contributed by atoms with Gasteiger partial charge in [0.05, 0.1) is 5.52 Å². The zero-order valence-corrected chi connectivity index (χ0v) is 42.4. The van der Waals surface area contributed by atoms with Crippen molar-refractivity contribution in [3.8, 4) is 39.4 Å². The number of rotatable bonds is 4. The Hall–Kier alpha value is -6.89. The molecule has 3 aliphatic rings. The van der Waals surface area contributed by atoms with Gasteiger partial charge in [-0.25, -0.2) is 4.98 Å². The number of anilines is 2. The van der Waals surface area contributed by atoms with Crippen molar-refractivity contribution in [2.75, 3.05) is 5.32 Å². The predicted octanol–water partition coefficient (Wildman–Crippen LogP) is 16.0. The molecule has 0 saturated carbocycles. The molecule has 0 radical (unpaired) electrons. The second kappa shape index (κ2) is 14.1. The molecule has 0 unspecified atom stereocenters. The zero-order chi connectivity index (χ0) is 47.8. The van der Waals surface area contributed by atoms with Gasteiger partial charge < -0.3 is 14.3 Å². The number of oxazole rings is 1. The summed E-state index contributed by atoms with van der Waals surface area (Å²) in [5, 5.41) is 9.25. The summed E-state index contributed by atoms with van der Waals surface area (Å²) in [5.74, 6) is 0.645. The van der Waals surface area contributed by atoms with E-state index in [-0.39, 0.29) is 21.7 Å². The number of benzene rings is 8. The number of hydrogen-bond donors (Lipinski definition) is 1. The maximum absolute atomic E-state index is 6.63. The van der Waals surface area contributed by atoms with Crippen molar-refractivity contribution < 1.29 is 4.42 Å². The van der Waals surface area contributed by atoms with Crippen LogP contribution < -0.4 is 16.2 Å². The van der Waals surface area contributed by atoms with E-state index in [2.05, 4.69) is 194 Å². The van der Waals surface area contributed by atoms with Crippen LogP contribution in [-0.4, -0.2) is 16.8 Å². The molecule has 8 aromatic carbocycles. The monoisotopic (exact) mass is 925 g/mol. The number of fused-ring (bicyclic) bond motifs is 13. The Morgan fingerprint density at radius 2 is 1.31 bits per heavy atom. The largest absolute Gasteiger partial charge is 0.436 e. The van der Waals surface area contributed by atoms with Gasteiger partial charge in [-0.15, -0.1) is 11.3 Å². The van der Waals surface area contributed by atoms with Crippen LogP contribution in [0.25, 0.3) is 92.5 Å². The third-order valence-corrected chi connectivity index (χ3v) is 18.0. The summed E-state index contributed by atoms with van der Waals surface area (Å²) in [6, 6.07) is 52.8. The Morgan fingerprint density at radius 1 is 0.614 bits per heavy atom. The van der Waals surface area contributed by atoms with Crippen LogP contribution in [0.2, 0.25) is 0 Å². The fourth-order valence-electron chi connectivity index (χ4n) is 12.7. The SMILES string of the molecule is CC(C)(C)c1ccc(Nc2cc3sc4cc5c(cc4c3cc2-c2ccc3c4cc6c(cc4n4c3c2Bc2cc3nc(-c7ccccc7)oc3cc2-4)C(C)(C)c2ccccc2-6)C(C)(C)CCC5(C)C)cc1. The van der Waals surface area contributed by atoms with Gasteiger partial charge in [-0.3, -0.25) is 0 Å². The van der Waals surface area contributed by atoms with Gasteiger partial charge in [0.2, 0.25) is 5.89 Å². The van der Waals surface area contributed by atoms with Crippen molar-refractivity contribution in [2.45, 2.75) is 96.8 Å². The van der Waals surface area contributed by atoms with Crippen LogP contribution in [0.3, 0.4) is 0 Å². The maximum atomic E-state index is 6.63. The smallest absolute Gasteiger partial charge is 0.227 e. The molecule has 342 valence electrons. The van der Waals surface area contributed by atoms with E-state index >= 15 is 0 Å². The molecule has 0 fully saturated rings. The average Bonchev–Trinajstić information content (AvgIpc) is 4.07. The van der Waals surface area contributed by atoms with E-state index in [0.717, 1.165) is 41.0 Å². The van der Waals surface area contributed by atoms with Crippen molar-refractivity contribution >= 4 is 94.0 Å². The first-order valence-corrected chi connectivity index (χ1v) is 26.0. The molecule has 2 aliphatic carbocycles. The number of nitrogens with one attached hydrogen (secondary N) is 1. The van der Waals surface area contributed by atoms with Gasteiger partial charge in [0.15, 0.2) is 12.9 Å². The topological polar surface area (TPSA) is 43.0 Å². The zero-order valence-electron chi connectivity index (χ0n) is 41.6. The van der Waals surface area contributed by atoms with Crippen LogP contribution >= 0.6 is 11.3 Å². The van der Waals surface area contributed by atoms with Crippen LogP contribution in [0.4, 0.5) is 11.4 Å². The molecule has 0 atom stereocenters. The van der Waals surface area contributed by atoms with Crippen molar-refractivity contribution in [3.05, 3.63) is 167 Å². The lowest BCUT2D eigenvalue weighted by Crippen LogP contribution is -2.37. The molecule has 11 aromatic rings. The number of thiophene rings is 1. The van der Waals surface area contributed by atoms with E-state index < -0.39 is 0 Å². The van der Waals surface area contributed by atoms with E-state index in [1.165, 1.54) is 116 Å². The first kappa shape index (κ1) is 42.0. The summed E-state index contributed by atoms with van der Waals surface area (Å²) >= 11 is 1.94. The molecular weight excluding hydrogens is 870 g/mol. The molecule has 1 aliphatic heterocycles. The Morgan fingerprint density at radius 3 is 2.09 bits per heavy atom. The van der Waals surface area contributed by atoms with Crippen molar-refractivity contribution in [1.82, 2.24) is 9.55 Å². The number of hydrogen-bond acceptors (Lipinski definition) is 4. The van der Waals surface area contributed by atoms with Gasteiger partial charge >= 0.3 is 0 Å². The number of aromatic nitrogens is 2. The summed E-state index contributed by atoms with van der Waals surface area (Å²) in [6.07, 6.45) is 2.39. The van der Waals surface area contributed by atoms with E-state index in [4.69, 9.17) is 9.40 Å². The summed E-state index contributed by atoms with van der Waals surface area (Å²) in [5.41, 5.74) is 23.5. The maximum Gasteiger partial charge on any atom is 0.227 e. The minimum absolute atomic E-state index is 0.0642. The highest BCUT2D eigenvalue weighted by atomic mass is 32.1. The molecule has 0 bridgehead atoms. The molecule has 4 nitrogen and oxygen atoms in total. The van der Waals surface area contributed by atoms with Gasteiger partial charge in [0.25, 0.3) is 0 Å². The van der Waals surface area contributed by atoms with E-state index in [9.17, 15) is 0 Å². The first-order valence-electron chi connectivity index (χ1n) is 25.2. The van der Waals surface area contributed by atoms with Gasteiger partial charge in [-0.05, 0) is 146 Å². The van der Waals surface area contributed by atoms with Crippen molar-refractivity contribution in [3.63, 3.8) is 0 Å². The summed E-state index contributed by atoms with van der Waals surface area (Å²) < 4.78 is 11.9. The Kier molecular flexibility index (Phi) is 8.49. The molecule has 3 aromatic heterocycles. The second-order valence-corrected chi connectivity index (χ2v) is 24.6. The second-order valence-electron chi connectivity index (χ2n) is 23.5. The molecular formula is C64H56BN3OS. The fourth-order valence-corrected chi connectivity index (χ4v) is 13.9. The predicted molar refractivity (Wildman–Crippen MR) is 300 cm³/mol. The van der Waals surface area contributed by atoms with E-state index in [1.54, 1.807) is 0 Å². The molecule has 6 heteroatoms. The lowest BCUT2D eigenvalue weighted by molar-refractivity contribution is 0.332. The Balaban J connectivity index is 1.05. The van der Waals surface area contributed by atoms with Crippen LogP contribution in [0, 0.1) is 0 Å². The van der Waals surface area contributed by atoms with Crippen LogP contribution in [0.15, 0.2) is 144 Å². The van der Waals surface area contributed by atoms with Crippen LogP contribution in [0.1, 0.15) is 103 Å².